The maximum absolute atomic E-state index is 12.1. The highest BCUT2D eigenvalue weighted by Gasteiger charge is 2.27. The van der Waals surface area contributed by atoms with E-state index >= 15 is 0 Å². The molecule has 0 spiro atoms. The average molecular weight is 443 g/mol. The van der Waals surface area contributed by atoms with Gasteiger partial charge in [-0.15, -0.1) is 0 Å². The third-order valence-corrected chi connectivity index (χ3v) is 6.95. The lowest BCUT2D eigenvalue weighted by Gasteiger charge is -2.19. The number of phenolic OH excluding ortho intramolecular Hbond substituents is 1. The van der Waals surface area contributed by atoms with E-state index in [1.54, 1.807) is 19.1 Å². The predicted molar refractivity (Wildman–Crippen MR) is 109 cm³/mol. The molecule has 2 aromatic carbocycles. The van der Waals surface area contributed by atoms with Crippen molar-refractivity contribution in [2.75, 3.05) is 29.4 Å². The number of nitrogens with one attached hydrogen (secondary N) is 1. The van der Waals surface area contributed by atoms with E-state index in [1.807, 2.05) is 0 Å². The Bertz CT molecular complexity index is 1060. The lowest BCUT2D eigenvalue weighted by atomic mass is 10.1. The largest absolute Gasteiger partial charge is 0.507 e. The first-order valence-electron chi connectivity index (χ1n) is 8.41. The van der Waals surface area contributed by atoms with Crippen LogP contribution in [0.25, 0.3) is 0 Å². The summed E-state index contributed by atoms with van der Waals surface area (Å²) in [6.45, 7) is 2.07. The summed E-state index contributed by atoms with van der Waals surface area (Å²) >= 11 is 0. The lowest BCUT2D eigenvalue weighted by Crippen LogP contribution is -2.35. The van der Waals surface area contributed by atoms with Crippen LogP contribution in [0.2, 0.25) is 0 Å². The molecule has 0 aromatic heterocycles. The van der Waals surface area contributed by atoms with Crippen molar-refractivity contribution in [3.05, 3.63) is 53.6 Å². The first-order chi connectivity index (χ1) is 13.4. The summed E-state index contributed by atoms with van der Waals surface area (Å²) in [5, 5.41) is 12.4. The molecular weight excluding hydrogens is 420 g/mol. The zero-order valence-electron chi connectivity index (χ0n) is 16.1. The number of hydrogen-bond acceptors (Lipinski definition) is 7. The van der Waals surface area contributed by atoms with Crippen LogP contribution in [0, 0.1) is 6.92 Å². The molecule has 2 aromatic rings. The third kappa shape index (κ3) is 6.09. The Morgan fingerprint density at radius 3 is 2.17 bits per heavy atom. The second-order valence-electron chi connectivity index (χ2n) is 6.34. The summed E-state index contributed by atoms with van der Waals surface area (Å²) in [5.41, 5.74) is 0.961. The fourth-order valence-electron chi connectivity index (χ4n) is 2.55. The van der Waals surface area contributed by atoms with Crippen LogP contribution in [-0.4, -0.2) is 53.5 Å². The second kappa shape index (κ2) is 8.70. The van der Waals surface area contributed by atoms with Crippen molar-refractivity contribution in [3.8, 4) is 11.5 Å². The summed E-state index contributed by atoms with van der Waals surface area (Å²) < 4.78 is 52.8. The van der Waals surface area contributed by atoms with Gasteiger partial charge < -0.3 is 15.2 Å². The fourth-order valence-corrected chi connectivity index (χ4v) is 5.53. The van der Waals surface area contributed by atoms with Crippen molar-refractivity contribution in [1.82, 2.24) is 5.32 Å². The number of aryl methyl sites for hydroxylation is 1. The molecule has 158 valence electrons. The Morgan fingerprint density at radius 1 is 1.03 bits per heavy atom. The monoisotopic (exact) mass is 442 g/mol. The summed E-state index contributed by atoms with van der Waals surface area (Å²) in [6.07, 6.45) is 1.60. The van der Waals surface area contributed by atoms with Crippen LogP contribution < -0.4 is 13.8 Å². The molecule has 0 saturated carbocycles. The topological polar surface area (TPSA) is 130 Å². The number of carbonyl (C=O) groups excluding carboxylic acids is 1. The van der Waals surface area contributed by atoms with Crippen LogP contribution in [-0.2, 0) is 20.0 Å². The highest BCUT2D eigenvalue weighted by Crippen LogP contribution is 2.24. The van der Waals surface area contributed by atoms with Crippen LogP contribution in [0.4, 0.5) is 5.69 Å². The van der Waals surface area contributed by atoms with Crippen LogP contribution >= 0.6 is 0 Å². The number of aromatic hydroxyl groups is 1. The SMILES string of the molecule is Cc1ccc(O)c(C(=O)NCCOc2ccc(N(S(C)(=O)=O)S(C)(=O)=O)cc2)c1. The van der Waals surface area contributed by atoms with E-state index in [4.69, 9.17) is 4.74 Å². The fraction of sp³-hybridized carbons (Fsp3) is 0.278. The lowest BCUT2D eigenvalue weighted by molar-refractivity contribution is 0.0944. The number of ether oxygens (including phenoxy) is 1. The van der Waals surface area contributed by atoms with Crippen LogP contribution in [0.15, 0.2) is 42.5 Å². The summed E-state index contributed by atoms with van der Waals surface area (Å²) in [5.74, 6) is -0.198. The number of benzene rings is 2. The minimum absolute atomic E-state index is 0.0365. The van der Waals surface area contributed by atoms with Gasteiger partial charge in [-0.1, -0.05) is 11.6 Å². The van der Waals surface area contributed by atoms with E-state index in [-0.39, 0.29) is 30.2 Å². The highest BCUT2D eigenvalue weighted by atomic mass is 32.3. The molecule has 2 N–H and O–H groups in total. The number of carbonyl (C=O) groups is 1. The predicted octanol–water partition coefficient (Wildman–Crippen LogP) is 1.24. The Kier molecular flexibility index (Phi) is 6.75. The zero-order chi connectivity index (χ0) is 21.8. The van der Waals surface area contributed by atoms with E-state index in [0.717, 1.165) is 18.1 Å². The van der Waals surface area contributed by atoms with Crippen molar-refractivity contribution < 1.29 is 31.5 Å². The normalized spacial score (nSPS) is 11.7. The minimum Gasteiger partial charge on any atom is -0.507 e. The number of hydrogen-bond donors (Lipinski definition) is 2. The molecule has 0 bridgehead atoms. The first kappa shape index (κ1) is 22.5. The molecule has 11 heteroatoms. The Hall–Kier alpha value is -2.79. The summed E-state index contributed by atoms with van der Waals surface area (Å²) in [7, 11) is -8.03. The molecule has 0 heterocycles. The van der Waals surface area contributed by atoms with Gasteiger partial charge in [0.25, 0.3) is 5.91 Å². The molecule has 29 heavy (non-hydrogen) atoms. The molecule has 0 atom stereocenters. The number of phenols is 1. The number of nitrogens with zero attached hydrogens (tertiary/aromatic N) is 1. The van der Waals surface area contributed by atoms with Gasteiger partial charge in [0.05, 0.1) is 30.3 Å². The Labute approximate surface area is 170 Å². The molecule has 0 unspecified atom stereocenters. The van der Waals surface area contributed by atoms with Gasteiger partial charge >= 0.3 is 0 Å². The van der Waals surface area contributed by atoms with Gasteiger partial charge in [-0.3, -0.25) is 4.79 Å². The summed E-state index contributed by atoms with van der Waals surface area (Å²) in [6, 6.07) is 10.2. The highest BCUT2D eigenvalue weighted by molar-refractivity contribution is 8.09. The molecule has 2 rings (SSSR count). The van der Waals surface area contributed by atoms with E-state index in [0.29, 0.717) is 9.46 Å². The maximum Gasteiger partial charge on any atom is 0.255 e. The molecule has 0 aliphatic carbocycles. The maximum atomic E-state index is 12.1. The molecule has 0 aliphatic rings. The van der Waals surface area contributed by atoms with Gasteiger partial charge in [0.1, 0.15) is 18.1 Å². The van der Waals surface area contributed by atoms with Gasteiger partial charge in [0.15, 0.2) is 0 Å². The van der Waals surface area contributed by atoms with Crippen molar-refractivity contribution in [1.29, 1.82) is 0 Å². The molecular formula is C18H22N2O7S2. The van der Waals surface area contributed by atoms with E-state index < -0.39 is 26.0 Å². The molecule has 9 nitrogen and oxygen atoms in total. The van der Waals surface area contributed by atoms with Gasteiger partial charge in [0.2, 0.25) is 20.0 Å². The molecule has 0 saturated heterocycles. The molecule has 1 amide bonds. The average Bonchev–Trinajstić information content (AvgIpc) is 2.59. The van der Waals surface area contributed by atoms with Crippen molar-refractivity contribution >= 4 is 31.6 Å². The minimum atomic E-state index is -4.02. The number of rotatable bonds is 8. The van der Waals surface area contributed by atoms with E-state index in [1.165, 1.54) is 30.3 Å². The zero-order valence-corrected chi connectivity index (χ0v) is 17.7. The number of sulfonamides is 2. The van der Waals surface area contributed by atoms with E-state index in [9.17, 15) is 26.7 Å². The summed E-state index contributed by atoms with van der Waals surface area (Å²) in [4.78, 5) is 12.1. The van der Waals surface area contributed by atoms with Gasteiger partial charge in [-0.05, 0) is 43.3 Å². The smallest absolute Gasteiger partial charge is 0.255 e. The molecule has 0 aliphatic heterocycles. The number of amides is 1. The van der Waals surface area contributed by atoms with Crippen molar-refractivity contribution in [2.45, 2.75) is 6.92 Å². The Morgan fingerprint density at radius 2 is 1.62 bits per heavy atom. The Balaban J connectivity index is 1.95. The van der Waals surface area contributed by atoms with Gasteiger partial charge in [0, 0.05) is 0 Å². The van der Waals surface area contributed by atoms with Gasteiger partial charge in [-0.2, -0.15) is 3.71 Å². The van der Waals surface area contributed by atoms with Gasteiger partial charge in [-0.25, -0.2) is 16.8 Å². The quantitative estimate of drug-likeness (QED) is 0.588. The molecule has 0 radical (unpaired) electrons. The van der Waals surface area contributed by atoms with Crippen molar-refractivity contribution in [3.63, 3.8) is 0 Å². The van der Waals surface area contributed by atoms with E-state index in [2.05, 4.69) is 5.32 Å². The van der Waals surface area contributed by atoms with Crippen LogP contribution in [0.1, 0.15) is 15.9 Å². The van der Waals surface area contributed by atoms with Crippen molar-refractivity contribution in [2.24, 2.45) is 0 Å². The number of anilines is 1. The third-order valence-electron chi connectivity index (χ3n) is 3.70. The van der Waals surface area contributed by atoms with Crippen LogP contribution in [0.5, 0.6) is 11.5 Å². The first-order valence-corrected chi connectivity index (χ1v) is 12.1. The van der Waals surface area contributed by atoms with Crippen LogP contribution in [0.3, 0.4) is 0 Å². The standard InChI is InChI=1S/C18H22N2O7S2/c1-13-4-9-17(21)16(12-13)18(22)19-10-11-27-15-7-5-14(6-8-15)20(28(2,23)24)29(3,25)26/h4-9,12,21H,10-11H2,1-3H3,(H,19,22). The molecule has 0 fully saturated rings. The second-order valence-corrected chi connectivity index (χ2v) is 10.2.